The van der Waals surface area contributed by atoms with Crippen LogP contribution in [0.5, 0.6) is 0 Å². The highest BCUT2D eigenvalue weighted by molar-refractivity contribution is 5.46. The first-order chi connectivity index (χ1) is 12.8. The minimum absolute atomic E-state index is 0.109. The third-order valence-electron chi connectivity index (χ3n) is 5.73. The Kier molecular flexibility index (Phi) is 5.79. The topological polar surface area (TPSA) is 50.1 Å². The third-order valence-corrected chi connectivity index (χ3v) is 5.73. The smallest absolute Gasteiger partial charge is 0.169 e. The van der Waals surface area contributed by atoms with Gasteiger partial charge in [-0.05, 0) is 60.9 Å². The molecule has 0 N–H and O–H groups in total. The van der Waals surface area contributed by atoms with E-state index in [9.17, 15) is 4.39 Å². The molecule has 1 fully saturated rings. The molecule has 1 aromatic heterocycles. The van der Waals surface area contributed by atoms with Crippen LogP contribution in [-0.4, -0.2) is 51.3 Å². The molecular weight excluding hydrogens is 343 g/mol. The highest BCUT2D eigenvalue weighted by Gasteiger charge is 2.34. The zero-order valence-electron chi connectivity index (χ0n) is 17.1. The Morgan fingerprint density at radius 2 is 1.70 bits per heavy atom. The lowest BCUT2D eigenvalue weighted by atomic mass is 9.97. The van der Waals surface area contributed by atoms with E-state index in [-0.39, 0.29) is 17.4 Å². The second-order valence-corrected chi connectivity index (χ2v) is 8.30. The maximum atomic E-state index is 13.2. The van der Waals surface area contributed by atoms with Crippen molar-refractivity contribution in [3.63, 3.8) is 0 Å². The summed E-state index contributed by atoms with van der Waals surface area (Å²) in [7, 11) is 0. The normalized spacial score (nSPS) is 17.5. The van der Waals surface area contributed by atoms with Gasteiger partial charge in [0.2, 0.25) is 0 Å². The third kappa shape index (κ3) is 4.13. The lowest BCUT2D eigenvalue weighted by Gasteiger charge is -2.41. The number of rotatable bonds is 6. The molecule has 2 heterocycles. The number of benzene rings is 1. The van der Waals surface area contributed by atoms with Gasteiger partial charge < -0.3 is 4.90 Å². The van der Waals surface area contributed by atoms with Gasteiger partial charge in [-0.3, -0.25) is 4.90 Å². The number of tetrazole rings is 1. The predicted octanol–water partition coefficient (Wildman–Crippen LogP) is 3.48. The van der Waals surface area contributed by atoms with E-state index < -0.39 is 0 Å². The zero-order chi connectivity index (χ0) is 19.6. The number of nitrogens with zero attached hydrogens (tertiary/aromatic N) is 6. The van der Waals surface area contributed by atoms with E-state index in [2.05, 4.69) is 59.9 Å². The van der Waals surface area contributed by atoms with Crippen LogP contribution in [0.3, 0.4) is 0 Å². The molecule has 1 atom stereocenters. The molecule has 27 heavy (non-hydrogen) atoms. The highest BCUT2D eigenvalue weighted by atomic mass is 19.1. The maximum absolute atomic E-state index is 13.2. The van der Waals surface area contributed by atoms with Crippen LogP contribution in [0, 0.1) is 11.7 Å². The Bertz CT molecular complexity index is 731. The van der Waals surface area contributed by atoms with E-state index in [0.29, 0.717) is 5.92 Å². The first-order valence-corrected chi connectivity index (χ1v) is 9.87. The van der Waals surface area contributed by atoms with Gasteiger partial charge in [-0.1, -0.05) is 20.8 Å². The quantitative estimate of drug-likeness (QED) is 0.775. The van der Waals surface area contributed by atoms with Gasteiger partial charge in [-0.15, -0.1) is 5.10 Å². The summed E-state index contributed by atoms with van der Waals surface area (Å²) in [6.45, 7) is 14.7. The van der Waals surface area contributed by atoms with Gasteiger partial charge in [0.15, 0.2) is 5.82 Å². The molecule has 0 spiro atoms. The molecule has 1 saturated heterocycles. The molecule has 2 aromatic rings. The monoisotopic (exact) mass is 374 g/mol. The van der Waals surface area contributed by atoms with E-state index >= 15 is 0 Å². The lowest BCUT2D eigenvalue weighted by molar-refractivity contribution is 0.126. The van der Waals surface area contributed by atoms with E-state index in [1.165, 1.54) is 12.1 Å². The molecule has 1 aliphatic rings. The van der Waals surface area contributed by atoms with Crippen LogP contribution in [0.25, 0.3) is 0 Å². The first-order valence-electron chi connectivity index (χ1n) is 9.87. The summed E-state index contributed by atoms with van der Waals surface area (Å²) >= 11 is 0. The molecule has 0 amide bonds. The largest absolute Gasteiger partial charge is 0.369 e. The number of halogens is 1. The first kappa shape index (κ1) is 19.7. The van der Waals surface area contributed by atoms with Crippen molar-refractivity contribution >= 4 is 5.69 Å². The molecule has 0 unspecified atom stereocenters. The Morgan fingerprint density at radius 1 is 1.07 bits per heavy atom. The van der Waals surface area contributed by atoms with Crippen molar-refractivity contribution in [2.24, 2.45) is 5.92 Å². The number of anilines is 1. The number of hydrogen-bond donors (Lipinski definition) is 0. The van der Waals surface area contributed by atoms with E-state index in [1.54, 1.807) is 0 Å². The number of piperazine rings is 1. The average Bonchev–Trinajstić information content (AvgIpc) is 3.13. The van der Waals surface area contributed by atoms with Gasteiger partial charge in [0.05, 0.1) is 11.6 Å². The Balaban J connectivity index is 1.77. The second-order valence-electron chi connectivity index (χ2n) is 8.30. The average molecular weight is 375 g/mol. The van der Waals surface area contributed by atoms with Crippen LogP contribution in [0.2, 0.25) is 0 Å². The van der Waals surface area contributed by atoms with Crippen molar-refractivity contribution < 1.29 is 4.39 Å². The van der Waals surface area contributed by atoms with Gasteiger partial charge in [0, 0.05) is 31.9 Å². The fraction of sp³-hybridized carbons (Fsp3) is 0.650. The summed E-state index contributed by atoms with van der Waals surface area (Å²) in [5.74, 6) is 1.16. The number of hydrogen-bond acceptors (Lipinski definition) is 5. The molecule has 7 heteroatoms. The minimum atomic E-state index is -0.192. The van der Waals surface area contributed by atoms with Gasteiger partial charge in [0.25, 0.3) is 0 Å². The van der Waals surface area contributed by atoms with Gasteiger partial charge in [-0.25, -0.2) is 9.07 Å². The molecule has 6 nitrogen and oxygen atoms in total. The Labute approximate surface area is 161 Å². The van der Waals surface area contributed by atoms with Crippen molar-refractivity contribution in [1.29, 1.82) is 0 Å². The summed E-state index contributed by atoms with van der Waals surface area (Å²) in [6.07, 6.45) is 0.966. The fourth-order valence-corrected chi connectivity index (χ4v) is 3.75. The van der Waals surface area contributed by atoms with Crippen LogP contribution < -0.4 is 4.90 Å². The molecule has 0 saturated carbocycles. The van der Waals surface area contributed by atoms with Crippen LogP contribution in [0.1, 0.15) is 52.9 Å². The standard InChI is InChI=1S/C20H31FN6/c1-6-20(4,5)27-19(22-23-24-27)18(15(2)3)26-13-11-25(12-14-26)17-9-7-16(21)8-10-17/h7-10,15,18H,6,11-14H2,1-5H3/t18-/m0/s1. The van der Waals surface area contributed by atoms with Crippen molar-refractivity contribution in [3.8, 4) is 0 Å². The van der Waals surface area contributed by atoms with Gasteiger partial charge >= 0.3 is 0 Å². The van der Waals surface area contributed by atoms with E-state index in [0.717, 1.165) is 44.1 Å². The minimum Gasteiger partial charge on any atom is -0.369 e. The maximum Gasteiger partial charge on any atom is 0.169 e. The molecular formula is C20H31FN6. The Morgan fingerprint density at radius 3 is 2.26 bits per heavy atom. The van der Waals surface area contributed by atoms with Crippen molar-refractivity contribution in [2.75, 3.05) is 31.1 Å². The fourth-order valence-electron chi connectivity index (χ4n) is 3.75. The van der Waals surface area contributed by atoms with Crippen LogP contribution in [0.4, 0.5) is 10.1 Å². The summed E-state index contributed by atoms with van der Waals surface area (Å²) < 4.78 is 15.2. The molecule has 0 aliphatic carbocycles. The molecule has 148 valence electrons. The highest BCUT2D eigenvalue weighted by Crippen LogP contribution is 2.31. The van der Waals surface area contributed by atoms with Gasteiger partial charge in [-0.2, -0.15) is 0 Å². The lowest BCUT2D eigenvalue weighted by Crippen LogP contribution is -2.49. The Hall–Kier alpha value is -2.02. The van der Waals surface area contributed by atoms with E-state index in [1.807, 2.05) is 16.8 Å². The van der Waals surface area contributed by atoms with Crippen molar-refractivity contribution in [3.05, 3.63) is 35.9 Å². The summed E-state index contributed by atoms with van der Waals surface area (Å²) in [5.41, 5.74) is 0.969. The van der Waals surface area contributed by atoms with Crippen molar-refractivity contribution in [1.82, 2.24) is 25.1 Å². The van der Waals surface area contributed by atoms with Gasteiger partial charge in [0.1, 0.15) is 5.82 Å². The molecule has 0 radical (unpaired) electrons. The van der Waals surface area contributed by atoms with Crippen LogP contribution >= 0.6 is 0 Å². The molecule has 0 bridgehead atoms. The van der Waals surface area contributed by atoms with Crippen LogP contribution in [-0.2, 0) is 5.54 Å². The summed E-state index contributed by atoms with van der Waals surface area (Å²) in [4.78, 5) is 4.80. The molecule has 1 aromatic carbocycles. The number of aromatic nitrogens is 4. The summed E-state index contributed by atoms with van der Waals surface area (Å²) in [6, 6.07) is 6.95. The summed E-state index contributed by atoms with van der Waals surface area (Å²) in [5, 5.41) is 12.7. The molecule has 1 aliphatic heterocycles. The van der Waals surface area contributed by atoms with Crippen molar-refractivity contribution in [2.45, 2.75) is 52.6 Å². The SMILES string of the molecule is CCC(C)(C)n1nnnc1[C@H](C(C)C)N1CCN(c2ccc(F)cc2)CC1. The zero-order valence-corrected chi connectivity index (χ0v) is 17.1. The van der Waals surface area contributed by atoms with Crippen LogP contribution in [0.15, 0.2) is 24.3 Å². The second kappa shape index (κ2) is 7.92. The van der Waals surface area contributed by atoms with E-state index in [4.69, 9.17) is 0 Å². The predicted molar refractivity (Wildman–Crippen MR) is 105 cm³/mol. The molecule has 3 rings (SSSR count).